The normalized spacial score (nSPS) is 11.1. The van der Waals surface area contributed by atoms with Gasteiger partial charge in [-0.15, -0.1) is 0 Å². The second-order valence-corrected chi connectivity index (χ2v) is 5.63. The molecule has 3 nitrogen and oxygen atoms in total. The van der Waals surface area contributed by atoms with Gasteiger partial charge in [0.1, 0.15) is 17.3 Å². The van der Waals surface area contributed by atoms with Gasteiger partial charge in [0.15, 0.2) is 0 Å². The fourth-order valence-electron chi connectivity index (χ4n) is 2.54. The van der Waals surface area contributed by atoms with Crippen molar-refractivity contribution in [1.82, 2.24) is 0 Å². The molecule has 0 spiro atoms. The standard InChI is InChI=1S/C20H28O3/c1-4-19(21)18(20(22)5-2)11-9-7-6-8-10-16-12-14-17(23-3)15-13-16/h6-7,12-15,18H,4-5,8-11H2,1-3H3/b7-6+. The lowest BCUT2D eigenvalue weighted by atomic mass is 9.91. The summed E-state index contributed by atoms with van der Waals surface area (Å²) in [5.74, 6) is 0.611. The highest BCUT2D eigenvalue weighted by atomic mass is 16.5. The summed E-state index contributed by atoms with van der Waals surface area (Å²) in [6.07, 6.45) is 8.46. The van der Waals surface area contributed by atoms with Crippen molar-refractivity contribution in [2.24, 2.45) is 5.92 Å². The number of carbonyl (C=O) groups excluding carboxylic acids is 2. The van der Waals surface area contributed by atoms with Crippen molar-refractivity contribution >= 4 is 11.6 Å². The lowest BCUT2D eigenvalue weighted by Gasteiger charge is -2.11. The molecule has 0 atom stereocenters. The number of Topliss-reactive ketones (excluding diaryl/α,β-unsaturated/α-hetero) is 2. The van der Waals surface area contributed by atoms with E-state index in [0.29, 0.717) is 19.3 Å². The zero-order chi connectivity index (χ0) is 17.1. The Labute approximate surface area is 139 Å². The maximum Gasteiger partial charge on any atom is 0.143 e. The van der Waals surface area contributed by atoms with E-state index in [1.54, 1.807) is 7.11 Å². The van der Waals surface area contributed by atoms with E-state index in [-0.39, 0.29) is 11.6 Å². The Morgan fingerprint density at radius 3 is 2.09 bits per heavy atom. The smallest absolute Gasteiger partial charge is 0.143 e. The third-order valence-corrected chi connectivity index (χ3v) is 4.02. The minimum atomic E-state index is -0.406. The van der Waals surface area contributed by atoms with Crippen molar-refractivity contribution in [2.45, 2.75) is 52.4 Å². The highest BCUT2D eigenvalue weighted by Crippen LogP contribution is 2.15. The number of hydrogen-bond acceptors (Lipinski definition) is 3. The number of carbonyl (C=O) groups is 2. The van der Waals surface area contributed by atoms with Crippen LogP contribution in [0.25, 0.3) is 0 Å². The van der Waals surface area contributed by atoms with E-state index in [0.717, 1.165) is 25.0 Å². The number of hydrogen-bond donors (Lipinski definition) is 0. The summed E-state index contributed by atoms with van der Waals surface area (Å²) in [5, 5.41) is 0. The Bertz CT molecular complexity index is 498. The summed E-state index contributed by atoms with van der Waals surface area (Å²) in [4.78, 5) is 23.6. The van der Waals surface area contributed by atoms with Gasteiger partial charge >= 0.3 is 0 Å². The van der Waals surface area contributed by atoms with Gasteiger partial charge in [-0.1, -0.05) is 38.1 Å². The Balaban J connectivity index is 2.34. The quantitative estimate of drug-likeness (QED) is 0.445. The first-order valence-corrected chi connectivity index (χ1v) is 8.45. The Morgan fingerprint density at radius 2 is 1.57 bits per heavy atom. The predicted molar refractivity (Wildman–Crippen MR) is 93.8 cm³/mol. The second-order valence-electron chi connectivity index (χ2n) is 5.63. The number of ether oxygens (including phenoxy) is 1. The number of methoxy groups -OCH3 is 1. The van der Waals surface area contributed by atoms with Crippen LogP contribution in [0.5, 0.6) is 5.75 Å². The van der Waals surface area contributed by atoms with Gasteiger partial charge in [-0.05, 0) is 43.4 Å². The molecule has 1 aromatic carbocycles. The molecule has 1 rings (SSSR count). The molecule has 0 aliphatic heterocycles. The van der Waals surface area contributed by atoms with Gasteiger partial charge < -0.3 is 4.74 Å². The molecule has 0 N–H and O–H groups in total. The molecule has 0 unspecified atom stereocenters. The molecule has 0 bridgehead atoms. The van der Waals surface area contributed by atoms with Gasteiger partial charge in [-0.2, -0.15) is 0 Å². The first-order valence-electron chi connectivity index (χ1n) is 8.45. The van der Waals surface area contributed by atoms with Crippen LogP contribution in [0, 0.1) is 5.92 Å². The van der Waals surface area contributed by atoms with Crippen LogP contribution in [0.15, 0.2) is 36.4 Å². The first-order chi connectivity index (χ1) is 11.1. The monoisotopic (exact) mass is 316 g/mol. The summed E-state index contributed by atoms with van der Waals surface area (Å²) in [7, 11) is 1.66. The predicted octanol–water partition coefficient (Wildman–Crippen LogP) is 4.54. The molecule has 0 saturated heterocycles. The molecular weight excluding hydrogens is 288 g/mol. The number of ketones is 2. The van der Waals surface area contributed by atoms with E-state index in [9.17, 15) is 9.59 Å². The van der Waals surface area contributed by atoms with Crippen LogP contribution in [0.2, 0.25) is 0 Å². The van der Waals surface area contributed by atoms with Crippen LogP contribution in [0.4, 0.5) is 0 Å². The van der Waals surface area contributed by atoms with Gasteiger partial charge in [0.2, 0.25) is 0 Å². The molecule has 0 aliphatic rings. The minimum absolute atomic E-state index is 0.0727. The van der Waals surface area contributed by atoms with Crippen molar-refractivity contribution in [3.05, 3.63) is 42.0 Å². The molecule has 0 saturated carbocycles. The van der Waals surface area contributed by atoms with E-state index in [1.807, 2.05) is 26.0 Å². The molecule has 3 heteroatoms. The van der Waals surface area contributed by atoms with Crippen molar-refractivity contribution in [2.75, 3.05) is 7.11 Å². The average molecular weight is 316 g/mol. The molecule has 0 fully saturated rings. The van der Waals surface area contributed by atoms with Crippen molar-refractivity contribution < 1.29 is 14.3 Å². The molecule has 1 aromatic rings. The van der Waals surface area contributed by atoms with Crippen molar-refractivity contribution in [3.63, 3.8) is 0 Å². The molecule has 0 aromatic heterocycles. The Morgan fingerprint density at radius 1 is 1.00 bits per heavy atom. The van der Waals surface area contributed by atoms with Crippen molar-refractivity contribution in [3.8, 4) is 5.75 Å². The summed E-state index contributed by atoms with van der Waals surface area (Å²) in [6.45, 7) is 3.64. The minimum Gasteiger partial charge on any atom is -0.497 e. The van der Waals surface area contributed by atoms with Gasteiger partial charge in [0.25, 0.3) is 0 Å². The van der Waals surface area contributed by atoms with Crippen LogP contribution in [-0.2, 0) is 16.0 Å². The molecule has 126 valence electrons. The maximum absolute atomic E-state index is 11.8. The fourth-order valence-corrected chi connectivity index (χ4v) is 2.54. The number of rotatable bonds is 11. The van der Waals surface area contributed by atoms with E-state index >= 15 is 0 Å². The number of benzene rings is 1. The highest BCUT2D eigenvalue weighted by Gasteiger charge is 2.22. The van der Waals surface area contributed by atoms with Gasteiger partial charge in [0, 0.05) is 12.8 Å². The fraction of sp³-hybridized carbons (Fsp3) is 0.500. The Kier molecular flexibility index (Phi) is 8.96. The number of allylic oxidation sites excluding steroid dienone is 2. The zero-order valence-electron chi connectivity index (χ0n) is 14.5. The van der Waals surface area contributed by atoms with Gasteiger partial charge in [-0.3, -0.25) is 9.59 Å². The van der Waals surface area contributed by atoms with Crippen LogP contribution < -0.4 is 4.74 Å². The van der Waals surface area contributed by atoms with E-state index in [1.165, 1.54) is 5.56 Å². The van der Waals surface area contributed by atoms with Crippen LogP contribution >= 0.6 is 0 Å². The van der Waals surface area contributed by atoms with E-state index in [4.69, 9.17) is 4.74 Å². The van der Waals surface area contributed by atoms with Crippen LogP contribution in [-0.4, -0.2) is 18.7 Å². The van der Waals surface area contributed by atoms with Crippen LogP contribution in [0.3, 0.4) is 0 Å². The third-order valence-electron chi connectivity index (χ3n) is 4.02. The van der Waals surface area contributed by atoms with E-state index < -0.39 is 5.92 Å². The third kappa shape index (κ3) is 6.81. The lowest BCUT2D eigenvalue weighted by molar-refractivity contribution is -0.132. The Hall–Kier alpha value is -1.90. The molecule has 0 heterocycles. The second kappa shape index (κ2) is 10.8. The maximum atomic E-state index is 11.8. The summed E-state index contributed by atoms with van der Waals surface area (Å²) in [5.41, 5.74) is 1.27. The molecule has 0 aliphatic carbocycles. The molecular formula is C20H28O3. The van der Waals surface area contributed by atoms with Gasteiger partial charge in [-0.25, -0.2) is 0 Å². The highest BCUT2D eigenvalue weighted by molar-refractivity contribution is 6.02. The molecule has 0 amide bonds. The lowest BCUT2D eigenvalue weighted by Crippen LogP contribution is -2.22. The van der Waals surface area contributed by atoms with E-state index in [2.05, 4.69) is 24.3 Å². The summed E-state index contributed by atoms with van der Waals surface area (Å²) in [6, 6.07) is 8.08. The molecule has 23 heavy (non-hydrogen) atoms. The van der Waals surface area contributed by atoms with Gasteiger partial charge in [0.05, 0.1) is 13.0 Å². The first kappa shape index (κ1) is 19.1. The van der Waals surface area contributed by atoms with Crippen LogP contribution in [0.1, 0.15) is 51.5 Å². The SMILES string of the molecule is CCC(=O)C(CC/C=C/CCc1ccc(OC)cc1)C(=O)CC. The summed E-state index contributed by atoms with van der Waals surface area (Å²) >= 11 is 0. The largest absolute Gasteiger partial charge is 0.497 e. The average Bonchev–Trinajstić information content (AvgIpc) is 2.60. The zero-order valence-corrected chi connectivity index (χ0v) is 14.5. The van der Waals surface area contributed by atoms with Crippen molar-refractivity contribution in [1.29, 1.82) is 0 Å². The molecule has 0 radical (unpaired) electrons. The summed E-state index contributed by atoms with van der Waals surface area (Å²) < 4.78 is 5.14. The number of aryl methyl sites for hydroxylation is 1. The topological polar surface area (TPSA) is 43.4 Å².